The van der Waals surface area contributed by atoms with Crippen molar-refractivity contribution < 1.29 is 18.7 Å². The molecule has 0 saturated carbocycles. The Labute approximate surface area is 179 Å². The Morgan fingerprint density at radius 2 is 1.74 bits per heavy atom. The van der Waals surface area contributed by atoms with Gasteiger partial charge in [0.2, 0.25) is 11.2 Å². The number of benzene rings is 3. The van der Waals surface area contributed by atoms with Crippen molar-refractivity contribution in [2.24, 2.45) is 0 Å². The first-order valence-electron chi connectivity index (χ1n) is 10.1. The Morgan fingerprint density at radius 3 is 2.52 bits per heavy atom. The van der Waals surface area contributed by atoms with Gasteiger partial charge >= 0.3 is 5.97 Å². The largest absolute Gasteiger partial charge is 0.460 e. The summed E-state index contributed by atoms with van der Waals surface area (Å²) in [5.74, 6) is 0.550. The Kier molecular flexibility index (Phi) is 5.58. The normalized spacial score (nSPS) is 10.8. The number of para-hydroxylation sites is 1. The number of carbonyl (C=O) groups excluding carboxylic acids is 1. The number of fused-ring (bicyclic) bond motifs is 1. The van der Waals surface area contributed by atoms with Crippen LogP contribution in [0, 0.1) is 13.8 Å². The number of rotatable bonds is 5. The second kappa shape index (κ2) is 8.48. The van der Waals surface area contributed by atoms with E-state index in [9.17, 15) is 9.59 Å². The van der Waals surface area contributed by atoms with E-state index in [1.807, 2.05) is 51.1 Å². The van der Waals surface area contributed by atoms with Crippen LogP contribution < -0.4 is 14.9 Å². The molecule has 4 rings (SSSR count). The first-order chi connectivity index (χ1) is 15.0. The summed E-state index contributed by atoms with van der Waals surface area (Å²) in [4.78, 5) is 25.3. The van der Waals surface area contributed by atoms with Crippen LogP contribution in [0.5, 0.6) is 17.2 Å². The lowest BCUT2D eigenvalue weighted by molar-refractivity contribution is 0.0735. The predicted octanol–water partition coefficient (Wildman–Crippen LogP) is 5.98. The molecule has 0 amide bonds. The lowest BCUT2D eigenvalue weighted by atomic mass is 10.1. The van der Waals surface area contributed by atoms with Crippen LogP contribution in [0.4, 0.5) is 0 Å². The molecular formula is C26H22O5. The summed E-state index contributed by atoms with van der Waals surface area (Å²) in [6.07, 6.45) is 2.07. The zero-order valence-corrected chi connectivity index (χ0v) is 17.6. The van der Waals surface area contributed by atoms with Crippen molar-refractivity contribution in [3.8, 4) is 17.2 Å². The molecule has 4 aromatic rings. The topological polar surface area (TPSA) is 65.7 Å². The SMILES string of the molecule is CCc1ccccc1Oc1coc2cc(OC(=O)c3ccc(C)c(C)c3)ccc2c1=O. The first-order valence-corrected chi connectivity index (χ1v) is 10.1. The summed E-state index contributed by atoms with van der Waals surface area (Å²) in [6.45, 7) is 5.94. The summed E-state index contributed by atoms with van der Waals surface area (Å²) >= 11 is 0. The Morgan fingerprint density at radius 1 is 0.935 bits per heavy atom. The van der Waals surface area contributed by atoms with Crippen LogP contribution in [-0.2, 0) is 6.42 Å². The first kappa shape index (κ1) is 20.4. The van der Waals surface area contributed by atoms with Crippen LogP contribution in [0.15, 0.2) is 76.1 Å². The Balaban J connectivity index is 1.60. The maximum absolute atomic E-state index is 12.9. The molecule has 0 unspecified atom stereocenters. The summed E-state index contributed by atoms with van der Waals surface area (Å²) in [6, 6.07) is 17.6. The number of aryl methyl sites for hydroxylation is 3. The molecule has 0 saturated heterocycles. The zero-order valence-electron chi connectivity index (χ0n) is 17.6. The van der Waals surface area contributed by atoms with Gasteiger partial charge in [0, 0.05) is 6.07 Å². The van der Waals surface area contributed by atoms with E-state index >= 15 is 0 Å². The smallest absolute Gasteiger partial charge is 0.343 e. The number of hydrogen-bond acceptors (Lipinski definition) is 5. The van der Waals surface area contributed by atoms with E-state index in [1.165, 1.54) is 12.3 Å². The highest BCUT2D eigenvalue weighted by atomic mass is 16.5. The van der Waals surface area contributed by atoms with Gasteiger partial charge in [-0.1, -0.05) is 31.2 Å². The lowest BCUT2D eigenvalue weighted by Gasteiger charge is -2.10. The van der Waals surface area contributed by atoms with Crippen molar-refractivity contribution in [3.05, 3.63) is 99.4 Å². The fourth-order valence-electron chi connectivity index (χ4n) is 3.27. The molecule has 0 atom stereocenters. The molecule has 0 aliphatic rings. The second-order valence-corrected chi connectivity index (χ2v) is 7.34. The maximum atomic E-state index is 12.9. The number of carbonyl (C=O) groups is 1. The van der Waals surface area contributed by atoms with Crippen molar-refractivity contribution in [2.75, 3.05) is 0 Å². The molecule has 0 aliphatic carbocycles. The Bertz CT molecular complexity index is 1330. The minimum absolute atomic E-state index is 0.105. The van der Waals surface area contributed by atoms with E-state index < -0.39 is 5.97 Å². The van der Waals surface area contributed by atoms with E-state index in [0.717, 1.165) is 23.1 Å². The van der Waals surface area contributed by atoms with Crippen LogP contribution in [0.2, 0.25) is 0 Å². The van der Waals surface area contributed by atoms with E-state index in [4.69, 9.17) is 13.9 Å². The van der Waals surface area contributed by atoms with E-state index in [2.05, 4.69) is 0 Å². The van der Waals surface area contributed by atoms with Crippen LogP contribution in [-0.4, -0.2) is 5.97 Å². The summed E-state index contributed by atoms with van der Waals surface area (Å²) in [7, 11) is 0. The van der Waals surface area contributed by atoms with Crippen molar-refractivity contribution in [3.63, 3.8) is 0 Å². The van der Waals surface area contributed by atoms with Crippen LogP contribution >= 0.6 is 0 Å². The molecule has 1 aromatic heterocycles. The van der Waals surface area contributed by atoms with Gasteiger partial charge in [0.1, 0.15) is 23.3 Å². The second-order valence-electron chi connectivity index (χ2n) is 7.34. The van der Waals surface area contributed by atoms with Gasteiger partial charge in [-0.3, -0.25) is 4.79 Å². The van der Waals surface area contributed by atoms with Gasteiger partial charge in [-0.05, 0) is 67.3 Å². The molecule has 5 nitrogen and oxygen atoms in total. The van der Waals surface area contributed by atoms with Gasteiger partial charge < -0.3 is 13.9 Å². The van der Waals surface area contributed by atoms with Gasteiger partial charge in [-0.2, -0.15) is 0 Å². The van der Waals surface area contributed by atoms with Gasteiger partial charge in [0.25, 0.3) is 0 Å². The average molecular weight is 414 g/mol. The quantitative estimate of drug-likeness (QED) is 0.297. The van der Waals surface area contributed by atoms with Gasteiger partial charge in [-0.25, -0.2) is 4.79 Å². The van der Waals surface area contributed by atoms with Crippen molar-refractivity contribution >= 4 is 16.9 Å². The van der Waals surface area contributed by atoms with E-state index in [0.29, 0.717) is 28.0 Å². The number of ether oxygens (including phenoxy) is 2. The third-order valence-corrected chi connectivity index (χ3v) is 5.24. The van der Waals surface area contributed by atoms with Crippen molar-refractivity contribution in [2.45, 2.75) is 27.2 Å². The predicted molar refractivity (Wildman–Crippen MR) is 119 cm³/mol. The summed E-state index contributed by atoms with van der Waals surface area (Å²) < 4.78 is 16.9. The fourth-order valence-corrected chi connectivity index (χ4v) is 3.27. The van der Waals surface area contributed by atoms with Crippen molar-refractivity contribution in [1.29, 1.82) is 0 Å². The molecule has 0 bridgehead atoms. The van der Waals surface area contributed by atoms with Crippen LogP contribution in [0.1, 0.15) is 34.0 Å². The Hall–Kier alpha value is -3.86. The van der Waals surface area contributed by atoms with Gasteiger partial charge in [0.05, 0.1) is 10.9 Å². The standard InChI is InChI=1S/C26H22O5/c1-4-18-7-5-6-8-22(18)31-24-15-29-23-14-20(11-12-21(23)25(24)27)30-26(28)19-10-9-16(2)17(3)13-19/h5-15H,4H2,1-3H3. The molecule has 0 fully saturated rings. The van der Waals surface area contributed by atoms with Crippen molar-refractivity contribution in [1.82, 2.24) is 0 Å². The minimum atomic E-state index is -0.471. The molecular weight excluding hydrogens is 392 g/mol. The highest BCUT2D eigenvalue weighted by molar-refractivity contribution is 5.92. The third kappa shape index (κ3) is 4.21. The fraction of sp³-hybridized carbons (Fsp3) is 0.154. The third-order valence-electron chi connectivity index (χ3n) is 5.24. The highest BCUT2D eigenvalue weighted by Gasteiger charge is 2.14. The molecule has 1 heterocycles. The van der Waals surface area contributed by atoms with Gasteiger partial charge in [0.15, 0.2) is 0 Å². The van der Waals surface area contributed by atoms with Crippen LogP contribution in [0.25, 0.3) is 11.0 Å². The summed E-state index contributed by atoms with van der Waals surface area (Å²) in [5, 5.41) is 0.345. The molecule has 0 N–H and O–H groups in total. The minimum Gasteiger partial charge on any atom is -0.460 e. The molecule has 3 aromatic carbocycles. The van der Waals surface area contributed by atoms with E-state index in [-0.39, 0.29) is 11.2 Å². The highest BCUT2D eigenvalue weighted by Crippen LogP contribution is 2.27. The van der Waals surface area contributed by atoms with E-state index in [1.54, 1.807) is 24.3 Å². The zero-order chi connectivity index (χ0) is 22.0. The van der Waals surface area contributed by atoms with Crippen LogP contribution in [0.3, 0.4) is 0 Å². The lowest BCUT2D eigenvalue weighted by Crippen LogP contribution is -2.09. The average Bonchev–Trinajstić information content (AvgIpc) is 2.78. The molecule has 0 radical (unpaired) electrons. The molecule has 0 aliphatic heterocycles. The molecule has 5 heteroatoms. The van der Waals surface area contributed by atoms with Gasteiger partial charge in [-0.15, -0.1) is 0 Å². The summed E-state index contributed by atoms with van der Waals surface area (Å²) in [5.41, 5.74) is 3.59. The molecule has 31 heavy (non-hydrogen) atoms. The number of hydrogen-bond donors (Lipinski definition) is 0. The molecule has 156 valence electrons. The monoisotopic (exact) mass is 414 g/mol. The molecule has 0 spiro atoms. The number of esters is 1. The maximum Gasteiger partial charge on any atom is 0.343 e.